The largest absolute Gasteiger partial charge is 0.493 e. The van der Waals surface area contributed by atoms with Crippen LogP contribution in [0.25, 0.3) is 11.1 Å². The predicted molar refractivity (Wildman–Crippen MR) is 143 cm³/mol. The molecule has 3 aromatic carbocycles. The van der Waals surface area contributed by atoms with E-state index in [1.54, 1.807) is 26.0 Å². The third kappa shape index (κ3) is 6.25. The molecule has 0 bridgehead atoms. The average Bonchev–Trinajstić information content (AvgIpc) is 2.83. The van der Waals surface area contributed by atoms with Gasteiger partial charge in [-0.2, -0.15) is 0 Å². The van der Waals surface area contributed by atoms with Crippen molar-refractivity contribution in [1.29, 1.82) is 0 Å². The molecule has 3 aromatic rings. The highest BCUT2D eigenvalue weighted by Crippen LogP contribution is 2.44. The molecule has 0 unspecified atom stereocenters. The molecule has 39 heavy (non-hydrogen) atoms. The van der Waals surface area contributed by atoms with Gasteiger partial charge in [-0.3, -0.25) is 4.79 Å². The highest BCUT2D eigenvalue weighted by atomic mass is 35.5. The Labute approximate surface area is 233 Å². The number of benzene rings is 3. The molecule has 0 spiro atoms. The number of ether oxygens (including phenoxy) is 1. The summed E-state index contributed by atoms with van der Waals surface area (Å²) < 4.78 is 49.0. The van der Waals surface area contributed by atoms with Crippen molar-refractivity contribution in [1.82, 2.24) is 5.32 Å². The molecule has 11 heteroatoms. The van der Waals surface area contributed by atoms with Gasteiger partial charge >= 0.3 is 5.97 Å². The summed E-state index contributed by atoms with van der Waals surface area (Å²) in [6.45, 7) is 3.96. The van der Waals surface area contributed by atoms with Crippen molar-refractivity contribution >= 4 is 40.8 Å². The molecule has 0 radical (unpaired) electrons. The number of amides is 1. The number of carbonyl (C=O) groups is 2. The second-order valence-electron chi connectivity index (χ2n) is 9.46. The molecule has 4 rings (SSSR count). The summed E-state index contributed by atoms with van der Waals surface area (Å²) in [5, 5.41) is 15.1. The summed E-state index contributed by atoms with van der Waals surface area (Å²) in [5.74, 6) is -5.00. The van der Waals surface area contributed by atoms with E-state index >= 15 is 0 Å². The minimum atomic E-state index is -1.50. The van der Waals surface area contributed by atoms with Gasteiger partial charge in [0, 0.05) is 29.3 Å². The standard InChI is InChI=1S/C28H25Cl2F3N2O4/c1-13(2)34-16-11-21(32)25(22(33)12-16)27(36)35-23(28(37)38)8-14-5-6-18(26-17(14)4-3-7-39-26)24-19(29)9-15(31)10-20(24)30/h5-6,9-13,23,34H,3-4,7-8H2,1-2H3,(H,35,36)(H,37,38)/t23-/m0/s1. The van der Waals surface area contributed by atoms with Crippen LogP contribution in [0.1, 0.15) is 41.8 Å². The number of fused-ring (bicyclic) bond motifs is 1. The first kappa shape index (κ1) is 28.6. The van der Waals surface area contributed by atoms with Gasteiger partial charge in [0.15, 0.2) is 0 Å². The molecule has 0 saturated carbocycles. The Morgan fingerprint density at radius 2 is 1.69 bits per heavy atom. The van der Waals surface area contributed by atoms with Crippen molar-refractivity contribution in [2.75, 3.05) is 11.9 Å². The highest BCUT2D eigenvalue weighted by molar-refractivity contribution is 6.39. The minimum absolute atomic E-state index is 0.0819. The van der Waals surface area contributed by atoms with Crippen LogP contribution >= 0.6 is 23.2 Å². The van der Waals surface area contributed by atoms with Crippen LogP contribution in [0.5, 0.6) is 5.75 Å². The number of nitrogens with one attached hydrogen (secondary N) is 2. The van der Waals surface area contributed by atoms with E-state index in [9.17, 15) is 27.9 Å². The molecule has 6 nitrogen and oxygen atoms in total. The number of carboxylic acids is 1. The Balaban J connectivity index is 1.65. The molecule has 0 aliphatic carbocycles. The van der Waals surface area contributed by atoms with Crippen LogP contribution in [0.4, 0.5) is 18.9 Å². The number of hydrogen-bond donors (Lipinski definition) is 3. The minimum Gasteiger partial charge on any atom is -0.493 e. The van der Waals surface area contributed by atoms with E-state index in [0.29, 0.717) is 47.5 Å². The van der Waals surface area contributed by atoms with Gasteiger partial charge in [0.2, 0.25) is 0 Å². The van der Waals surface area contributed by atoms with Crippen molar-refractivity contribution in [2.24, 2.45) is 0 Å². The fourth-order valence-corrected chi connectivity index (χ4v) is 5.24. The lowest BCUT2D eigenvalue weighted by atomic mass is 9.90. The normalized spacial score (nSPS) is 13.4. The van der Waals surface area contributed by atoms with Gasteiger partial charge < -0.3 is 20.5 Å². The Bertz CT molecular complexity index is 1400. The lowest BCUT2D eigenvalue weighted by Crippen LogP contribution is -2.43. The van der Waals surface area contributed by atoms with Gasteiger partial charge in [-0.1, -0.05) is 35.3 Å². The monoisotopic (exact) mass is 580 g/mol. The lowest BCUT2D eigenvalue weighted by Gasteiger charge is -2.25. The van der Waals surface area contributed by atoms with Gasteiger partial charge in [-0.05, 0) is 62.1 Å². The molecule has 206 valence electrons. The molecule has 3 N–H and O–H groups in total. The van der Waals surface area contributed by atoms with Gasteiger partial charge in [0.05, 0.1) is 16.7 Å². The molecule has 0 fully saturated rings. The first-order valence-corrected chi connectivity index (χ1v) is 12.9. The van der Waals surface area contributed by atoms with Crippen molar-refractivity contribution in [3.05, 3.63) is 80.6 Å². The van der Waals surface area contributed by atoms with E-state index in [2.05, 4.69) is 10.6 Å². The van der Waals surface area contributed by atoms with Gasteiger partial charge in [0.1, 0.15) is 34.8 Å². The molecular formula is C28H25Cl2F3N2O4. The Hall–Kier alpha value is -3.43. The summed E-state index contributed by atoms with van der Waals surface area (Å²) >= 11 is 12.6. The van der Waals surface area contributed by atoms with E-state index in [0.717, 1.165) is 24.3 Å². The quantitative estimate of drug-likeness (QED) is 0.278. The van der Waals surface area contributed by atoms with Crippen LogP contribution in [0.3, 0.4) is 0 Å². The molecule has 0 aromatic heterocycles. The zero-order valence-corrected chi connectivity index (χ0v) is 22.5. The van der Waals surface area contributed by atoms with Crippen LogP contribution in [-0.2, 0) is 17.6 Å². The van der Waals surface area contributed by atoms with Crippen LogP contribution in [0, 0.1) is 17.5 Å². The van der Waals surface area contributed by atoms with Crippen molar-refractivity contribution < 1.29 is 32.6 Å². The van der Waals surface area contributed by atoms with E-state index < -0.39 is 40.9 Å². The fourth-order valence-electron chi connectivity index (χ4n) is 4.58. The second-order valence-corrected chi connectivity index (χ2v) is 10.3. The van der Waals surface area contributed by atoms with Gasteiger partial charge in [-0.15, -0.1) is 0 Å². The van der Waals surface area contributed by atoms with Crippen LogP contribution in [-0.4, -0.2) is 35.7 Å². The number of carboxylic acid groups (broad SMARTS) is 1. The zero-order valence-electron chi connectivity index (χ0n) is 21.0. The first-order chi connectivity index (χ1) is 18.5. The number of carbonyl (C=O) groups excluding carboxylic acids is 1. The summed E-state index contributed by atoms with van der Waals surface area (Å²) in [6.07, 6.45) is 0.989. The van der Waals surface area contributed by atoms with E-state index in [1.165, 1.54) is 0 Å². The zero-order chi connectivity index (χ0) is 28.4. The maximum atomic E-state index is 14.7. The smallest absolute Gasteiger partial charge is 0.326 e. The topological polar surface area (TPSA) is 87.7 Å². The Morgan fingerprint density at radius 1 is 1.05 bits per heavy atom. The van der Waals surface area contributed by atoms with Crippen molar-refractivity contribution in [3.8, 4) is 16.9 Å². The maximum absolute atomic E-state index is 14.7. The predicted octanol–water partition coefficient (Wildman–Crippen LogP) is 6.65. The van der Waals surface area contributed by atoms with Crippen LogP contribution < -0.4 is 15.4 Å². The number of halogens is 5. The number of rotatable bonds is 8. The molecule has 1 heterocycles. The van der Waals surface area contributed by atoms with Gasteiger partial charge in [-0.25, -0.2) is 18.0 Å². The average molecular weight is 581 g/mol. The molecule has 1 amide bonds. The summed E-state index contributed by atoms with van der Waals surface area (Å²) in [7, 11) is 0. The number of aliphatic carboxylic acids is 1. The van der Waals surface area contributed by atoms with Crippen LogP contribution in [0.2, 0.25) is 10.0 Å². The first-order valence-electron chi connectivity index (χ1n) is 12.2. The number of hydrogen-bond acceptors (Lipinski definition) is 4. The Morgan fingerprint density at radius 3 is 2.28 bits per heavy atom. The van der Waals surface area contributed by atoms with Crippen molar-refractivity contribution in [2.45, 2.75) is 45.2 Å². The van der Waals surface area contributed by atoms with E-state index in [-0.39, 0.29) is 28.2 Å². The Kier molecular flexibility index (Phi) is 8.61. The molecule has 0 saturated heterocycles. The third-order valence-corrected chi connectivity index (χ3v) is 6.80. The molecular weight excluding hydrogens is 556 g/mol. The van der Waals surface area contributed by atoms with Crippen LogP contribution in [0.15, 0.2) is 36.4 Å². The molecule has 1 atom stereocenters. The summed E-state index contributed by atoms with van der Waals surface area (Å²) in [5.41, 5.74) is 1.38. The molecule has 1 aliphatic rings. The second kappa shape index (κ2) is 11.8. The van der Waals surface area contributed by atoms with E-state index in [1.807, 2.05) is 0 Å². The van der Waals surface area contributed by atoms with Crippen molar-refractivity contribution in [3.63, 3.8) is 0 Å². The number of anilines is 1. The maximum Gasteiger partial charge on any atom is 0.326 e. The summed E-state index contributed by atoms with van der Waals surface area (Å²) in [4.78, 5) is 24.9. The molecule has 1 aliphatic heterocycles. The highest BCUT2D eigenvalue weighted by Gasteiger charge is 2.29. The SMILES string of the molecule is CC(C)Nc1cc(F)c(C(=O)N[C@@H](Cc2ccc(-c3c(Cl)cc(F)cc3Cl)c3c2CCCO3)C(=O)O)c(F)c1. The summed E-state index contributed by atoms with van der Waals surface area (Å²) in [6, 6.07) is 5.89. The van der Waals surface area contributed by atoms with E-state index in [4.69, 9.17) is 27.9 Å². The lowest BCUT2D eigenvalue weighted by molar-refractivity contribution is -0.139. The third-order valence-electron chi connectivity index (χ3n) is 6.20. The van der Waals surface area contributed by atoms with Gasteiger partial charge in [0.25, 0.3) is 5.91 Å². The fraction of sp³-hybridized carbons (Fsp3) is 0.286.